The Bertz CT molecular complexity index is 908. The third-order valence-corrected chi connectivity index (χ3v) is 6.14. The summed E-state index contributed by atoms with van der Waals surface area (Å²) in [6, 6.07) is 3.59. The molecule has 2 aromatic rings. The van der Waals surface area contributed by atoms with E-state index in [1.807, 2.05) is 13.8 Å². The monoisotopic (exact) mass is 470 g/mol. The first kappa shape index (κ1) is 25.8. The lowest BCUT2D eigenvalue weighted by molar-refractivity contribution is -0.138. The number of hydrogen-bond donors (Lipinski definition) is 3. The van der Waals surface area contributed by atoms with Gasteiger partial charge in [-0.05, 0) is 76.1 Å². The minimum absolute atomic E-state index is 0.0741. The van der Waals surface area contributed by atoms with Crippen molar-refractivity contribution in [2.75, 3.05) is 43.9 Å². The molecule has 0 aliphatic carbocycles. The van der Waals surface area contributed by atoms with E-state index in [0.29, 0.717) is 18.9 Å². The van der Waals surface area contributed by atoms with Gasteiger partial charge in [-0.15, -0.1) is 0 Å². The topological polar surface area (TPSA) is 113 Å². The number of carboxylic acid groups (broad SMARTS) is 1. The number of methoxy groups -OCH3 is 1. The van der Waals surface area contributed by atoms with E-state index in [4.69, 9.17) is 9.72 Å². The molecule has 2 atom stereocenters. The number of pyridine rings is 1. The lowest BCUT2D eigenvalue weighted by Gasteiger charge is -2.26. The van der Waals surface area contributed by atoms with Crippen molar-refractivity contribution in [1.82, 2.24) is 19.9 Å². The maximum absolute atomic E-state index is 11.8. The summed E-state index contributed by atoms with van der Waals surface area (Å²) in [6.07, 6.45) is 9.11. The minimum Gasteiger partial charge on any atom is -0.480 e. The number of nitrogens with one attached hydrogen (secondary N) is 2. The van der Waals surface area contributed by atoms with Gasteiger partial charge in [-0.2, -0.15) is 0 Å². The van der Waals surface area contributed by atoms with Crippen molar-refractivity contribution in [2.24, 2.45) is 0 Å². The van der Waals surface area contributed by atoms with Crippen molar-refractivity contribution in [2.45, 2.75) is 64.5 Å². The minimum atomic E-state index is -0.906. The van der Waals surface area contributed by atoms with Crippen molar-refractivity contribution >= 4 is 17.7 Å². The molecule has 0 unspecified atom stereocenters. The molecule has 1 aliphatic rings. The van der Waals surface area contributed by atoms with Gasteiger partial charge < -0.3 is 25.4 Å². The highest BCUT2D eigenvalue weighted by Crippen LogP contribution is 2.20. The molecule has 3 N–H and O–H groups in total. The average molecular weight is 471 g/mol. The van der Waals surface area contributed by atoms with Crippen molar-refractivity contribution in [3.8, 4) is 0 Å². The van der Waals surface area contributed by atoms with Crippen LogP contribution in [0.5, 0.6) is 0 Å². The lowest BCUT2D eigenvalue weighted by atomic mass is 10.1. The fraction of sp³-hybridized carbons (Fsp3) is 0.600. The van der Waals surface area contributed by atoms with Gasteiger partial charge in [-0.3, -0.25) is 0 Å². The number of hydrogen-bond acceptors (Lipinski definition) is 8. The van der Waals surface area contributed by atoms with Crippen LogP contribution in [0.15, 0.2) is 24.5 Å². The van der Waals surface area contributed by atoms with Crippen molar-refractivity contribution in [3.05, 3.63) is 41.3 Å². The highest BCUT2D eigenvalue weighted by Gasteiger charge is 2.20. The number of aliphatic carboxylic acids is 1. The number of rotatable bonds is 14. The molecular weight excluding hydrogens is 432 g/mol. The summed E-state index contributed by atoms with van der Waals surface area (Å²) in [5.74, 6) is 0.474. The van der Waals surface area contributed by atoms with Gasteiger partial charge in [0.25, 0.3) is 0 Å². The molecule has 186 valence electrons. The molecule has 2 aromatic heterocycles. The lowest BCUT2D eigenvalue weighted by Crippen LogP contribution is -2.38. The predicted molar refractivity (Wildman–Crippen MR) is 133 cm³/mol. The molecule has 1 aliphatic heterocycles. The van der Waals surface area contributed by atoms with Crippen LogP contribution in [0.4, 0.5) is 11.8 Å². The van der Waals surface area contributed by atoms with E-state index >= 15 is 0 Å². The zero-order valence-electron chi connectivity index (χ0n) is 20.6. The van der Waals surface area contributed by atoms with E-state index in [1.54, 1.807) is 19.5 Å². The molecule has 0 bridgehead atoms. The number of aromatic nitrogens is 3. The standard InChI is InChI=1S/C25H38N6O3/c1-18-15-27-25(28-16-18)30-22(24(32)33)11-14-31(17-19(2)34-3)13-5-4-8-21-10-9-20-7-6-12-26-23(20)29-21/h9-10,15-16,19,22H,4-8,11-14,17H2,1-3H3,(H,26,29)(H,32,33)(H,27,28,30)/t19-,22+/m1/s1. The molecule has 0 aromatic carbocycles. The fourth-order valence-electron chi connectivity index (χ4n) is 4.07. The molecule has 0 saturated carbocycles. The van der Waals surface area contributed by atoms with Crippen LogP contribution in [0.1, 0.15) is 49.4 Å². The van der Waals surface area contributed by atoms with Crippen LogP contribution in [-0.4, -0.2) is 76.4 Å². The van der Waals surface area contributed by atoms with E-state index in [9.17, 15) is 9.90 Å². The first-order chi connectivity index (χ1) is 16.4. The molecular formula is C25H38N6O3. The predicted octanol–water partition coefficient (Wildman–Crippen LogP) is 3.15. The third kappa shape index (κ3) is 8.22. The maximum Gasteiger partial charge on any atom is 0.326 e. The summed E-state index contributed by atoms with van der Waals surface area (Å²) in [7, 11) is 1.70. The summed E-state index contributed by atoms with van der Waals surface area (Å²) in [4.78, 5) is 27.2. The van der Waals surface area contributed by atoms with Crippen LogP contribution in [0.25, 0.3) is 0 Å². The van der Waals surface area contributed by atoms with Crippen LogP contribution in [0, 0.1) is 6.92 Å². The summed E-state index contributed by atoms with van der Waals surface area (Å²) >= 11 is 0. The smallest absolute Gasteiger partial charge is 0.326 e. The van der Waals surface area contributed by atoms with Crippen LogP contribution < -0.4 is 10.6 Å². The van der Waals surface area contributed by atoms with Gasteiger partial charge in [0.05, 0.1) is 6.10 Å². The second kappa shape index (κ2) is 13.2. The molecule has 0 radical (unpaired) electrons. The molecule has 34 heavy (non-hydrogen) atoms. The van der Waals surface area contributed by atoms with E-state index in [2.05, 4.69) is 37.6 Å². The zero-order chi connectivity index (χ0) is 24.3. The van der Waals surface area contributed by atoms with Gasteiger partial charge >= 0.3 is 5.97 Å². The van der Waals surface area contributed by atoms with Gasteiger partial charge in [0.1, 0.15) is 11.9 Å². The van der Waals surface area contributed by atoms with Gasteiger partial charge in [0.15, 0.2) is 0 Å². The summed E-state index contributed by atoms with van der Waals surface area (Å²) in [5.41, 5.74) is 3.37. The second-order valence-electron chi connectivity index (χ2n) is 9.05. The Hall–Kier alpha value is -2.78. The molecule has 3 heterocycles. The first-order valence-electron chi connectivity index (χ1n) is 12.2. The summed E-state index contributed by atoms with van der Waals surface area (Å²) in [6.45, 7) is 7.20. The largest absolute Gasteiger partial charge is 0.480 e. The SMILES string of the molecule is CO[C@H](C)CN(CCCCc1ccc2c(n1)NCCC2)CC[C@H](Nc1ncc(C)cn1)C(=O)O. The number of carboxylic acids is 1. The molecule has 0 amide bonds. The quantitative estimate of drug-likeness (QED) is 0.358. The molecule has 0 fully saturated rings. The van der Waals surface area contributed by atoms with Gasteiger partial charge in [0.2, 0.25) is 5.95 Å². The third-order valence-electron chi connectivity index (χ3n) is 6.14. The van der Waals surface area contributed by atoms with Crippen molar-refractivity contribution in [1.29, 1.82) is 0 Å². The Kier molecular flexibility index (Phi) is 10.0. The average Bonchev–Trinajstić information content (AvgIpc) is 2.84. The highest BCUT2D eigenvalue weighted by molar-refractivity contribution is 5.76. The number of aryl methyl sites for hydroxylation is 3. The van der Waals surface area contributed by atoms with Crippen molar-refractivity contribution in [3.63, 3.8) is 0 Å². The Morgan fingerprint density at radius 3 is 2.79 bits per heavy atom. The summed E-state index contributed by atoms with van der Waals surface area (Å²) in [5, 5.41) is 16.0. The Morgan fingerprint density at radius 1 is 1.26 bits per heavy atom. The first-order valence-corrected chi connectivity index (χ1v) is 12.2. The number of anilines is 2. The van der Waals surface area contributed by atoms with Gasteiger partial charge in [-0.25, -0.2) is 19.7 Å². The number of unbranched alkanes of at least 4 members (excludes halogenated alkanes) is 1. The zero-order valence-corrected chi connectivity index (χ0v) is 20.6. The molecule has 9 nitrogen and oxygen atoms in total. The van der Waals surface area contributed by atoms with E-state index in [-0.39, 0.29) is 6.10 Å². The molecule has 0 spiro atoms. The van der Waals surface area contributed by atoms with Crippen LogP contribution in [0.3, 0.4) is 0 Å². The van der Waals surface area contributed by atoms with Gasteiger partial charge in [0, 0.05) is 44.8 Å². The molecule has 9 heteroatoms. The van der Waals surface area contributed by atoms with E-state index < -0.39 is 12.0 Å². The number of nitrogens with zero attached hydrogens (tertiary/aromatic N) is 4. The van der Waals surface area contributed by atoms with E-state index in [1.165, 1.54) is 12.0 Å². The fourth-order valence-corrected chi connectivity index (χ4v) is 4.07. The van der Waals surface area contributed by atoms with Crippen molar-refractivity contribution < 1.29 is 14.6 Å². The Morgan fingerprint density at radius 2 is 2.06 bits per heavy atom. The molecule has 0 saturated heterocycles. The maximum atomic E-state index is 11.8. The highest BCUT2D eigenvalue weighted by atomic mass is 16.5. The normalized spacial score (nSPS) is 14.8. The summed E-state index contributed by atoms with van der Waals surface area (Å²) < 4.78 is 5.46. The second-order valence-corrected chi connectivity index (χ2v) is 9.05. The van der Waals surface area contributed by atoms with E-state index in [0.717, 1.165) is 62.4 Å². The van der Waals surface area contributed by atoms with Crippen LogP contribution >= 0.6 is 0 Å². The number of fused-ring (bicyclic) bond motifs is 1. The van der Waals surface area contributed by atoms with Crippen LogP contribution in [-0.2, 0) is 22.4 Å². The Labute approximate surface area is 202 Å². The number of carbonyl (C=O) groups is 1. The van der Waals surface area contributed by atoms with Gasteiger partial charge in [-0.1, -0.05) is 6.07 Å². The van der Waals surface area contributed by atoms with Crippen LogP contribution in [0.2, 0.25) is 0 Å². The molecule has 3 rings (SSSR count). The Balaban J connectivity index is 1.49. The number of ether oxygens (including phenoxy) is 1.